The molecule has 0 bridgehead atoms. The van der Waals surface area contributed by atoms with Gasteiger partial charge in [-0.3, -0.25) is 0 Å². The Kier molecular flexibility index (Phi) is 5.94. The topological polar surface area (TPSA) is 78.6 Å². The van der Waals surface area contributed by atoms with Gasteiger partial charge in [0.25, 0.3) is 0 Å². The Bertz CT molecular complexity index is 553. The maximum Gasteiger partial charge on any atom is 0.516 e. The largest absolute Gasteiger partial charge is 0.516 e. The van der Waals surface area contributed by atoms with Crippen molar-refractivity contribution < 1.29 is 19.1 Å². The van der Waals surface area contributed by atoms with Crippen molar-refractivity contribution in [3.63, 3.8) is 0 Å². The van der Waals surface area contributed by atoms with E-state index in [0.29, 0.717) is 11.5 Å². The molecule has 0 heterocycles. The molecule has 2 N–H and O–H groups in total. The van der Waals surface area contributed by atoms with Crippen LogP contribution in [-0.4, -0.2) is 17.7 Å². The molecule has 0 radical (unpaired) electrons. The van der Waals surface area contributed by atoms with Crippen molar-refractivity contribution in [1.29, 1.82) is 0 Å². The Labute approximate surface area is 138 Å². The van der Waals surface area contributed by atoms with Gasteiger partial charge in [-0.2, -0.15) is 0 Å². The highest BCUT2D eigenvalue weighted by Gasteiger charge is 2.35. The third-order valence-electron chi connectivity index (χ3n) is 3.19. The van der Waals surface area contributed by atoms with Gasteiger partial charge in [-0.15, -0.1) is 0 Å². The lowest BCUT2D eigenvalue weighted by Gasteiger charge is -2.24. The number of esters is 1. The van der Waals surface area contributed by atoms with Gasteiger partial charge in [0.1, 0.15) is 11.1 Å². The normalized spacial score (nSPS) is 14.3. The van der Waals surface area contributed by atoms with Gasteiger partial charge in [-0.25, -0.2) is 9.59 Å². The van der Waals surface area contributed by atoms with Gasteiger partial charge in [-0.05, 0) is 51.2 Å². The molecule has 0 fully saturated rings. The van der Waals surface area contributed by atoms with E-state index in [4.69, 9.17) is 15.2 Å². The van der Waals surface area contributed by atoms with E-state index in [0.717, 1.165) is 6.42 Å². The van der Waals surface area contributed by atoms with Gasteiger partial charge in [-0.1, -0.05) is 38.1 Å². The molecule has 1 atom stereocenters. The van der Waals surface area contributed by atoms with E-state index >= 15 is 0 Å². The summed E-state index contributed by atoms with van der Waals surface area (Å²) in [5.74, 6) is -0.300. The van der Waals surface area contributed by atoms with Crippen LogP contribution in [0.5, 0.6) is 0 Å². The fourth-order valence-corrected chi connectivity index (χ4v) is 2.03. The molecule has 1 rings (SSSR count). The summed E-state index contributed by atoms with van der Waals surface area (Å²) in [5.41, 5.74) is 5.65. The van der Waals surface area contributed by atoms with Crippen molar-refractivity contribution in [2.45, 2.75) is 59.1 Å². The summed E-state index contributed by atoms with van der Waals surface area (Å²) in [6, 6.07) is 7.44. The Morgan fingerprint density at radius 2 is 1.61 bits per heavy atom. The highest BCUT2D eigenvalue weighted by Crippen LogP contribution is 2.22. The van der Waals surface area contributed by atoms with Crippen molar-refractivity contribution in [3.8, 4) is 0 Å². The van der Waals surface area contributed by atoms with E-state index in [1.54, 1.807) is 32.9 Å². The molecule has 0 saturated heterocycles. The van der Waals surface area contributed by atoms with Crippen LogP contribution in [0.1, 0.15) is 52.7 Å². The van der Waals surface area contributed by atoms with Crippen molar-refractivity contribution >= 4 is 12.1 Å². The molecule has 1 aromatic carbocycles. The smallest absolute Gasteiger partial charge is 0.428 e. The van der Waals surface area contributed by atoms with Crippen molar-refractivity contribution in [3.05, 3.63) is 35.4 Å². The minimum absolute atomic E-state index is 0.544. The van der Waals surface area contributed by atoms with E-state index in [9.17, 15) is 9.59 Å². The van der Waals surface area contributed by atoms with Crippen molar-refractivity contribution in [2.24, 2.45) is 11.7 Å². The van der Waals surface area contributed by atoms with E-state index in [2.05, 4.69) is 13.8 Å². The van der Waals surface area contributed by atoms with Crippen molar-refractivity contribution in [2.75, 3.05) is 0 Å². The van der Waals surface area contributed by atoms with Gasteiger partial charge in [0.15, 0.2) is 0 Å². The lowest BCUT2D eigenvalue weighted by molar-refractivity contribution is -0.147. The fourth-order valence-electron chi connectivity index (χ4n) is 2.03. The minimum atomic E-state index is -1.42. The molecule has 5 nitrogen and oxygen atoms in total. The second-order valence-corrected chi connectivity index (χ2v) is 7.35. The quantitative estimate of drug-likeness (QED) is 0.678. The zero-order chi connectivity index (χ0) is 17.8. The first kappa shape index (κ1) is 19.2. The summed E-state index contributed by atoms with van der Waals surface area (Å²) in [6.07, 6.45) is -0.0974. The Balaban J connectivity index is 2.80. The van der Waals surface area contributed by atoms with Crippen LogP contribution in [-0.2, 0) is 26.2 Å². The van der Waals surface area contributed by atoms with Crippen LogP contribution in [0, 0.1) is 5.92 Å². The molecule has 128 valence electrons. The number of hydrogen-bond donors (Lipinski definition) is 1. The summed E-state index contributed by atoms with van der Waals surface area (Å²) in [5, 5.41) is 0. The number of carbonyl (C=O) groups excluding carboxylic acids is 2. The second-order valence-electron chi connectivity index (χ2n) is 7.35. The average molecular weight is 321 g/mol. The molecule has 23 heavy (non-hydrogen) atoms. The molecular weight excluding hydrogens is 294 g/mol. The summed E-state index contributed by atoms with van der Waals surface area (Å²) in [4.78, 5) is 23.8. The van der Waals surface area contributed by atoms with Crippen LogP contribution >= 0.6 is 0 Å². The lowest BCUT2D eigenvalue weighted by Crippen LogP contribution is -2.44. The monoisotopic (exact) mass is 321 g/mol. The average Bonchev–Trinajstić information content (AvgIpc) is 2.36. The number of benzene rings is 1. The predicted octanol–water partition coefficient (Wildman–Crippen LogP) is 3.54. The Morgan fingerprint density at radius 3 is 2.04 bits per heavy atom. The first-order chi connectivity index (χ1) is 10.4. The zero-order valence-corrected chi connectivity index (χ0v) is 14.8. The summed E-state index contributed by atoms with van der Waals surface area (Å²) in [6.45, 7) is 10.9. The lowest BCUT2D eigenvalue weighted by atomic mass is 9.91. The highest BCUT2D eigenvalue weighted by molar-refractivity contribution is 5.89. The molecule has 1 unspecified atom stereocenters. The molecule has 0 aliphatic carbocycles. The standard InChI is InChI=1S/C18H27NO4/c1-12(2)11-13-7-9-14(10-8-13)18(6,19)15(20)22-16(21)23-17(3,4)5/h7-10,12H,11,19H2,1-6H3. The number of carbonyl (C=O) groups is 2. The third kappa shape index (κ3) is 6.02. The van der Waals surface area contributed by atoms with Crippen LogP contribution in [0.2, 0.25) is 0 Å². The number of hydrogen-bond acceptors (Lipinski definition) is 5. The Morgan fingerprint density at radius 1 is 1.09 bits per heavy atom. The van der Waals surface area contributed by atoms with Gasteiger partial charge in [0.05, 0.1) is 0 Å². The van der Waals surface area contributed by atoms with Crippen LogP contribution in [0.3, 0.4) is 0 Å². The van der Waals surface area contributed by atoms with Crippen LogP contribution in [0.15, 0.2) is 24.3 Å². The first-order valence-corrected chi connectivity index (χ1v) is 7.75. The zero-order valence-electron chi connectivity index (χ0n) is 14.8. The molecule has 0 aliphatic heterocycles. The summed E-state index contributed by atoms with van der Waals surface area (Å²) in [7, 11) is 0. The minimum Gasteiger partial charge on any atom is -0.428 e. The summed E-state index contributed by atoms with van der Waals surface area (Å²) < 4.78 is 9.68. The number of nitrogens with two attached hydrogens (primary N) is 1. The highest BCUT2D eigenvalue weighted by atomic mass is 16.7. The molecule has 0 aromatic heterocycles. The molecule has 0 amide bonds. The molecular formula is C18H27NO4. The van der Waals surface area contributed by atoms with E-state index in [1.165, 1.54) is 12.5 Å². The Hall–Kier alpha value is -1.88. The van der Waals surface area contributed by atoms with E-state index in [-0.39, 0.29) is 0 Å². The van der Waals surface area contributed by atoms with Crippen LogP contribution in [0.4, 0.5) is 4.79 Å². The molecule has 0 saturated carbocycles. The molecule has 0 spiro atoms. The summed E-state index contributed by atoms with van der Waals surface area (Å²) >= 11 is 0. The maximum absolute atomic E-state index is 12.2. The second kappa shape index (κ2) is 7.13. The SMILES string of the molecule is CC(C)Cc1ccc(C(C)(N)C(=O)OC(=O)OC(C)(C)C)cc1. The molecule has 0 aliphatic rings. The predicted molar refractivity (Wildman–Crippen MR) is 88.8 cm³/mol. The first-order valence-electron chi connectivity index (χ1n) is 7.75. The van der Waals surface area contributed by atoms with Crippen LogP contribution in [0.25, 0.3) is 0 Å². The molecule has 1 aromatic rings. The van der Waals surface area contributed by atoms with E-state index < -0.39 is 23.3 Å². The third-order valence-corrected chi connectivity index (χ3v) is 3.19. The van der Waals surface area contributed by atoms with Gasteiger partial charge in [0.2, 0.25) is 0 Å². The van der Waals surface area contributed by atoms with Gasteiger partial charge < -0.3 is 15.2 Å². The number of rotatable bonds is 4. The maximum atomic E-state index is 12.2. The molecule has 5 heteroatoms. The van der Waals surface area contributed by atoms with Gasteiger partial charge >= 0.3 is 12.1 Å². The van der Waals surface area contributed by atoms with E-state index in [1.807, 2.05) is 12.1 Å². The fraction of sp³-hybridized carbons (Fsp3) is 0.556. The number of ether oxygens (including phenoxy) is 2. The van der Waals surface area contributed by atoms with Gasteiger partial charge in [0, 0.05) is 0 Å². The van der Waals surface area contributed by atoms with Crippen LogP contribution < -0.4 is 5.73 Å². The van der Waals surface area contributed by atoms with Crippen molar-refractivity contribution in [1.82, 2.24) is 0 Å².